The third-order valence-electron chi connectivity index (χ3n) is 4.97. The first-order valence-electron chi connectivity index (χ1n) is 8.73. The molecule has 1 amide bonds. The zero-order chi connectivity index (χ0) is 18.3. The van der Waals surface area contributed by atoms with Crippen LogP contribution in [-0.2, 0) is 6.42 Å². The van der Waals surface area contributed by atoms with E-state index in [4.69, 9.17) is 9.47 Å². The van der Waals surface area contributed by atoms with Gasteiger partial charge in [0.15, 0.2) is 11.5 Å². The lowest BCUT2D eigenvalue weighted by molar-refractivity contribution is 0.0672. The molecule has 4 nitrogen and oxygen atoms in total. The number of nitrogens with zero attached hydrogens (tertiary/aromatic N) is 1. The Balaban J connectivity index is 1.66. The number of amides is 1. The molecule has 0 saturated heterocycles. The largest absolute Gasteiger partial charge is 0.490 e. The monoisotopic (exact) mass is 359 g/mol. The van der Waals surface area contributed by atoms with Crippen LogP contribution in [0.5, 0.6) is 11.5 Å². The summed E-state index contributed by atoms with van der Waals surface area (Å²) in [4.78, 5) is 14.4. The summed E-state index contributed by atoms with van der Waals surface area (Å²) in [6, 6.07) is 6.69. The van der Waals surface area contributed by atoms with Gasteiger partial charge < -0.3 is 14.4 Å². The first-order valence-corrected chi connectivity index (χ1v) is 8.73. The number of hydrogen-bond acceptors (Lipinski definition) is 3. The van der Waals surface area contributed by atoms with Gasteiger partial charge in [0.2, 0.25) is 0 Å². The fraction of sp³-hybridized carbons (Fsp3) is 0.350. The maximum absolute atomic E-state index is 14.0. The molecule has 0 saturated carbocycles. The Bertz CT molecular complexity index is 868. The van der Waals surface area contributed by atoms with Crippen molar-refractivity contribution in [1.29, 1.82) is 0 Å². The van der Waals surface area contributed by atoms with Crippen LogP contribution in [0.25, 0.3) is 0 Å². The van der Waals surface area contributed by atoms with Gasteiger partial charge in [0.25, 0.3) is 5.91 Å². The normalized spacial score (nSPS) is 18.9. The van der Waals surface area contributed by atoms with E-state index < -0.39 is 17.5 Å². The zero-order valence-electron chi connectivity index (χ0n) is 14.4. The second kappa shape index (κ2) is 6.59. The van der Waals surface area contributed by atoms with Gasteiger partial charge in [0.05, 0.1) is 24.8 Å². The molecule has 0 aromatic heterocycles. The van der Waals surface area contributed by atoms with Gasteiger partial charge in [-0.25, -0.2) is 8.78 Å². The first kappa shape index (κ1) is 16.8. The molecule has 2 aromatic carbocycles. The second-order valence-electron chi connectivity index (χ2n) is 6.60. The Morgan fingerprint density at radius 3 is 2.58 bits per heavy atom. The SMILES string of the molecule is C[C@H]1c2cc3c(cc2CCN1C(=O)c1ccc(F)cc1F)OCCCO3. The molecule has 2 aliphatic heterocycles. The van der Waals surface area contributed by atoms with E-state index in [1.54, 1.807) is 4.90 Å². The Morgan fingerprint density at radius 1 is 1.12 bits per heavy atom. The Kier molecular flexibility index (Phi) is 4.26. The second-order valence-corrected chi connectivity index (χ2v) is 6.60. The maximum atomic E-state index is 14.0. The number of carbonyl (C=O) groups is 1. The highest BCUT2D eigenvalue weighted by Gasteiger charge is 2.31. The van der Waals surface area contributed by atoms with E-state index in [2.05, 4.69) is 0 Å². The van der Waals surface area contributed by atoms with Crippen molar-refractivity contribution in [2.45, 2.75) is 25.8 Å². The van der Waals surface area contributed by atoms with Crippen molar-refractivity contribution in [3.63, 3.8) is 0 Å². The number of ether oxygens (including phenoxy) is 2. The molecule has 136 valence electrons. The van der Waals surface area contributed by atoms with Crippen LogP contribution in [0.3, 0.4) is 0 Å². The van der Waals surface area contributed by atoms with Gasteiger partial charge in [-0.3, -0.25) is 4.79 Å². The Hall–Kier alpha value is -2.63. The molecule has 2 aromatic rings. The van der Waals surface area contributed by atoms with Crippen molar-refractivity contribution >= 4 is 5.91 Å². The summed E-state index contributed by atoms with van der Waals surface area (Å²) in [7, 11) is 0. The number of halogens is 2. The van der Waals surface area contributed by atoms with E-state index in [9.17, 15) is 13.6 Å². The van der Waals surface area contributed by atoms with Gasteiger partial charge in [-0.2, -0.15) is 0 Å². The van der Waals surface area contributed by atoms with Crippen LogP contribution in [-0.4, -0.2) is 30.6 Å². The molecule has 2 heterocycles. The number of fused-ring (bicyclic) bond motifs is 2. The first-order chi connectivity index (χ1) is 12.5. The number of carbonyl (C=O) groups excluding carboxylic acids is 1. The van der Waals surface area contributed by atoms with E-state index in [0.717, 1.165) is 35.4 Å². The molecule has 0 unspecified atom stereocenters. The Labute approximate surface area is 150 Å². The molecule has 26 heavy (non-hydrogen) atoms. The minimum Gasteiger partial charge on any atom is -0.490 e. The molecule has 0 radical (unpaired) electrons. The van der Waals surface area contributed by atoms with Crippen molar-refractivity contribution in [3.05, 3.63) is 58.7 Å². The van der Waals surface area contributed by atoms with Crippen molar-refractivity contribution in [2.24, 2.45) is 0 Å². The lowest BCUT2D eigenvalue weighted by Gasteiger charge is -2.36. The van der Waals surface area contributed by atoms with Gasteiger partial charge in [0.1, 0.15) is 11.6 Å². The molecule has 1 atom stereocenters. The third kappa shape index (κ3) is 2.89. The summed E-state index contributed by atoms with van der Waals surface area (Å²) in [6.45, 7) is 3.57. The molecule has 0 bridgehead atoms. The van der Waals surface area contributed by atoms with Crippen LogP contribution in [0.1, 0.15) is 40.9 Å². The summed E-state index contributed by atoms with van der Waals surface area (Å²) in [5, 5.41) is 0. The molecular weight excluding hydrogens is 340 g/mol. The van der Waals surface area contributed by atoms with Crippen molar-refractivity contribution in [1.82, 2.24) is 4.90 Å². The smallest absolute Gasteiger partial charge is 0.257 e. The molecule has 0 fully saturated rings. The van der Waals surface area contributed by atoms with Crippen LogP contribution in [0.2, 0.25) is 0 Å². The third-order valence-corrected chi connectivity index (χ3v) is 4.97. The molecule has 2 aliphatic rings. The van der Waals surface area contributed by atoms with E-state index in [1.165, 1.54) is 6.07 Å². The van der Waals surface area contributed by atoms with Crippen molar-refractivity contribution < 1.29 is 23.0 Å². The van der Waals surface area contributed by atoms with Crippen LogP contribution in [0.4, 0.5) is 8.78 Å². The van der Waals surface area contributed by atoms with Gasteiger partial charge in [0, 0.05) is 19.0 Å². The zero-order valence-corrected chi connectivity index (χ0v) is 14.4. The van der Waals surface area contributed by atoms with Crippen molar-refractivity contribution in [2.75, 3.05) is 19.8 Å². The number of hydrogen-bond donors (Lipinski definition) is 0. The average Bonchev–Trinajstić information content (AvgIpc) is 2.85. The lowest BCUT2D eigenvalue weighted by Crippen LogP contribution is -2.39. The van der Waals surface area contributed by atoms with Gasteiger partial charge in [-0.15, -0.1) is 0 Å². The van der Waals surface area contributed by atoms with Crippen molar-refractivity contribution in [3.8, 4) is 11.5 Å². The minimum absolute atomic E-state index is 0.115. The van der Waals surface area contributed by atoms with Crippen LogP contribution in [0.15, 0.2) is 30.3 Å². The fourth-order valence-electron chi connectivity index (χ4n) is 3.57. The highest BCUT2D eigenvalue weighted by Crippen LogP contribution is 2.39. The van der Waals surface area contributed by atoms with Gasteiger partial charge in [-0.05, 0) is 48.7 Å². The van der Waals surface area contributed by atoms with E-state index in [0.29, 0.717) is 31.9 Å². The van der Waals surface area contributed by atoms with E-state index in [1.807, 2.05) is 19.1 Å². The predicted octanol–water partition coefficient (Wildman–Crippen LogP) is 3.89. The van der Waals surface area contributed by atoms with E-state index >= 15 is 0 Å². The highest BCUT2D eigenvalue weighted by atomic mass is 19.1. The minimum atomic E-state index is -0.841. The summed E-state index contributed by atoms with van der Waals surface area (Å²) >= 11 is 0. The van der Waals surface area contributed by atoms with Gasteiger partial charge >= 0.3 is 0 Å². The summed E-state index contributed by atoms with van der Waals surface area (Å²) < 4.78 is 38.6. The molecule has 4 rings (SSSR count). The van der Waals surface area contributed by atoms with Gasteiger partial charge in [-0.1, -0.05) is 0 Å². The van der Waals surface area contributed by atoms with Crippen LogP contribution < -0.4 is 9.47 Å². The number of rotatable bonds is 1. The molecular formula is C20H19F2NO3. The average molecular weight is 359 g/mol. The summed E-state index contributed by atoms with van der Waals surface area (Å²) in [5.74, 6) is -0.566. The van der Waals surface area contributed by atoms with E-state index in [-0.39, 0.29) is 11.6 Å². The Morgan fingerprint density at radius 2 is 1.85 bits per heavy atom. The van der Waals surface area contributed by atoms with Crippen LogP contribution in [0, 0.1) is 11.6 Å². The predicted molar refractivity (Wildman–Crippen MR) is 91.6 cm³/mol. The molecule has 0 spiro atoms. The highest BCUT2D eigenvalue weighted by molar-refractivity contribution is 5.95. The summed E-state index contributed by atoms with van der Waals surface area (Å²) in [5.41, 5.74) is 1.96. The molecule has 6 heteroatoms. The van der Waals surface area contributed by atoms with Crippen LogP contribution >= 0.6 is 0 Å². The quantitative estimate of drug-likeness (QED) is 0.776. The summed E-state index contributed by atoms with van der Waals surface area (Å²) in [6.07, 6.45) is 1.47. The molecule has 0 aliphatic carbocycles. The lowest BCUT2D eigenvalue weighted by atomic mass is 9.92. The number of benzene rings is 2. The molecule has 0 N–H and O–H groups in total. The fourth-order valence-corrected chi connectivity index (χ4v) is 3.57. The maximum Gasteiger partial charge on any atom is 0.257 e. The standard InChI is InChI=1S/C20H19F2NO3/c1-12-16-11-19-18(25-7-2-8-26-19)9-13(16)5-6-23(12)20(24)15-4-3-14(21)10-17(15)22/h3-4,9-12H,2,5-8H2,1H3/t12-/m0/s1. The topological polar surface area (TPSA) is 38.8 Å².